The van der Waals surface area contributed by atoms with E-state index in [0.717, 1.165) is 0 Å². The third-order valence-corrected chi connectivity index (χ3v) is 14.4. The van der Waals surface area contributed by atoms with Gasteiger partial charge in [0, 0.05) is 22.6 Å². The second kappa shape index (κ2) is 13.3. The van der Waals surface area contributed by atoms with Crippen LogP contribution in [-0.2, 0) is 20.2 Å². The van der Waals surface area contributed by atoms with Gasteiger partial charge < -0.3 is 20.4 Å². The number of hydrogen-bond donors (Lipinski definition) is 6. The third kappa shape index (κ3) is 8.45. The van der Waals surface area contributed by atoms with E-state index in [0.29, 0.717) is 0 Å². The average molecular weight is 671 g/mol. The van der Waals surface area contributed by atoms with Crippen LogP contribution in [0.15, 0.2) is 24.3 Å². The second-order valence-corrected chi connectivity index (χ2v) is 17.7. The van der Waals surface area contributed by atoms with Crippen molar-refractivity contribution in [2.24, 2.45) is 0 Å². The quantitative estimate of drug-likeness (QED) is 0.117. The number of halogens is 6. The Labute approximate surface area is 229 Å². The highest BCUT2D eigenvalue weighted by molar-refractivity contribution is 7.86. The van der Waals surface area contributed by atoms with Gasteiger partial charge in [0.2, 0.25) is 0 Å². The standard InChI is InChI=1S/C18H28O4P2.2CHF3O3S/c1-9-15(19)16(20)10(2)23(9)13-7-5-6-8-14(13)24-11(3)17(21)18(22)12(24)4;2*2-1(3,4)8(5,6)7/h5-12,15-22H,1-4H3;2*(H,5,6,7). The normalized spacial score (nSPS) is 34.9. The fourth-order valence-corrected chi connectivity index (χ4v) is 11.5. The van der Waals surface area contributed by atoms with Gasteiger partial charge >= 0.3 is 31.3 Å². The lowest BCUT2D eigenvalue weighted by molar-refractivity contribution is -0.0514. The Morgan fingerprint density at radius 2 is 0.750 bits per heavy atom. The molecule has 2 heterocycles. The van der Waals surface area contributed by atoms with Gasteiger partial charge in [0.25, 0.3) is 0 Å². The van der Waals surface area contributed by atoms with E-state index in [1.165, 1.54) is 10.6 Å². The summed E-state index contributed by atoms with van der Waals surface area (Å²) in [5, 5.41) is 43.7. The molecule has 2 aliphatic heterocycles. The topological polar surface area (TPSA) is 190 Å². The van der Waals surface area contributed by atoms with Crippen LogP contribution in [0.5, 0.6) is 0 Å². The van der Waals surface area contributed by atoms with E-state index in [9.17, 15) is 46.8 Å². The summed E-state index contributed by atoms with van der Waals surface area (Å²) >= 11 is 0. The molecule has 0 bridgehead atoms. The Morgan fingerprint density at radius 3 is 0.900 bits per heavy atom. The zero-order valence-corrected chi connectivity index (χ0v) is 24.6. The largest absolute Gasteiger partial charge is 0.522 e. The van der Waals surface area contributed by atoms with Crippen LogP contribution in [0.25, 0.3) is 0 Å². The lowest BCUT2D eigenvalue weighted by atomic mass is 10.1. The third-order valence-electron chi connectivity index (χ3n) is 6.45. The maximum Gasteiger partial charge on any atom is 0.522 e. The van der Waals surface area contributed by atoms with Crippen molar-refractivity contribution < 1.29 is 72.7 Å². The van der Waals surface area contributed by atoms with Crippen molar-refractivity contribution >= 4 is 46.7 Å². The van der Waals surface area contributed by atoms with Crippen molar-refractivity contribution in [3.8, 4) is 0 Å². The minimum absolute atomic E-state index is 0.0456. The lowest BCUT2D eigenvalue weighted by Crippen LogP contribution is -2.30. The van der Waals surface area contributed by atoms with Gasteiger partial charge in [-0.1, -0.05) is 67.8 Å². The smallest absolute Gasteiger partial charge is 0.390 e. The van der Waals surface area contributed by atoms with Crippen LogP contribution >= 0.6 is 15.8 Å². The number of hydrogen-bond acceptors (Lipinski definition) is 8. The van der Waals surface area contributed by atoms with Crippen LogP contribution in [0.2, 0.25) is 0 Å². The fourth-order valence-electron chi connectivity index (χ4n) is 4.32. The van der Waals surface area contributed by atoms with Crippen LogP contribution < -0.4 is 10.6 Å². The zero-order valence-electron chi connectivity index (χ0n) is 21.2. The number of aliphatic hydroxyl groups is 4. The summed E-state index contributed by atoms with van der Waals surface area (Å²) in [6.45, 7) is 8.10. The Bertz CT molecular complexity index is 1090. The zero-order chi connectivity index (χ0) is 31.8. The van der Waals surface area contributed by atoms with Gasteiger partial charge in [-0.05, 0) is 10.6 Å². The molecule has 0 aromatic heterocycles. The molecule has 1 aromatic rings. The Balaban J connectivity index is 0.000000412. The van der Waals surface area contributed by atoms with E-state index in [1.54, 1.807) is 0 Å². The molecule has 2 fully saturated rings. The molecular formula is C20H30F6O10P2S2. The van der Waals surface area contributed by atoms with Gasteiger partial charge in [-0.15, -0.1) is 0 Å². The van der Waals surface area contributed by atoms with E-state index in [-0.39, 0.29) is 22.6 Å². The Morgan fingerprint density at radius 1 is 0.575 bits per heavy atom. The van der Waals surface area contributed by atoms with E-state index < -0.39 is 71.5 Å². The van der Waals surface area contributed by atoms with E-state index >= 15 is 0 Å². The first-order valence-corrected chi connectivity index (χ1v) is 17.1. The maximum absolute atomic E-state index is 10.7. The molecule has 8 unspecified atom stereocenters. The molecule has 6 N–H and O–H groups in total. The first-order valence-electron chi connectivity index (χ1n) is 11.2. The molecule has 1 aromatic carbocycles. The Kier molecular flexibility index (Phi) is 12.4. The number of aliphatic hydroxyl groups excluding tert-OH is 4. The maximum atomic E-state index is 10.7. The second-order valence-electron chi connectivity index (χ2n) is 9.07. The van der Waals surface area contributed by atoms with E-state index in [2.05, 4.69) is 12.1 Å². The molecular weight excluding hydrogens is 640 g/mol. The predicted molar refractivity (Wildman–Crippen MR) is 137 cm³/mol. The van der Waals surface area contributed by atoms with Crippen molar-refractivity contribution in [2.45, 2.75) is 85.8 Å². The average Bonchev–Trinajstić information content (AvgIpc) is 3.10. The molecule has 40 heavy (non-hydrogen) atoms. The summed E-state index contributed by atoms with van der Waals surface area (Å²) in [6, 6.07) is 8.28. The van der Waals surface area contributed by atoms with Crippen LogP contribution in [-0.4, -0.2) is 104 Å². The molecule has 2 saturated heterocycles. The first kappa shape index (κ1) is 37.3. The molecule has 3 rings (SSSR count). The van der Waals surface area contributed by atoms with E-state index in [1.807, 2.05) is 39.8 Å². The van der Waals surface area contributed by atoms with Crippen LogP contribution in [0, 0.1) is 0 Å². The molecule has 0 saturated carbocycles. The van der Waals surface area contributed by atoms with Crippen molar-refractivity contribution in [1.29, 1.82) is 0 Å². The molecule has 0 radical (unpaired) electrons. The van der Waals surface area contributed by atoms with Crippen LogP contribution in [0.3, 0.4) is 0 Å². The summed E-state index contributed by atoms with van der Waals surface area (Å²) in [7, 11) is -13.1. The summed E-state index contributed by atoms with van der Waals surface area (Å²) in [5.74, 6) is 0. The van der Waals surface area contributed by atoms with Gasteiger partial charge in [-0.2, -0.15) is 43.2 Å². The van der Waals surface area contributed by atoms with Crippen LogP contribution in [0.4, 0.5) is 26.3 Å². The summed E-state index contributed by atoms with van der Waals surface area (Å²) in [4.78, 5) is 0. The van der Waals surface area contributed by atoms with Crippen molar-refractivity contribution in [2.75, 3.05) is 0 Å². The van der Waals surface area contributed by atoms with Gasteiger partial charge in [0.15, 0.2) is 0 Å². The number of benzene rings is 1. The monoisotopic (exact) mass is 670 g/mol. The number of alkyl halides is 6. The van der Waals surface area contributed by atoms with Gasteiger partial charge in [0.05, 0.1) is 24.4 Å². The first-order chi connectivity index (χ1) is 17.8. The van der Waals surface area contributed by atoms with Gasteiger partial charge in [0.1, 0.15) is 0 Å². The predicted octanol–water partition coefficient (Wildman–Crippen LogP) is 1.71. The molecule has 10 nitrogen and oxygen atoms in total. The van der Waals surface area contributed by atoms with Crippen molar-refractivity contribution in [1.82, 2.24) is 0 Å². The molecule has 8 atom stereocenters. The molecule has 0 aliphatic carbocycles. The number of rotatable bonds is 2. The summed E-state index contributed by atoms with van der Waals surface area (Å²) in [6.07, 6.45) is -2.72. The minimum atomic E-state index is -5.84. The molecule has 2 aliphatic rings. The molecule has 0 spiro atoms. The highest BCUT2D eigenvalue weighted by Crippen LogP contribution is 2.59. The van der Waals surface area contributed by atoms with E-state index in [4.69, 9.17) is 25.9 Å². The van der Waals surface area contributed by atoms with Crippen LogP contribution in [0.1, 0.15) is 27.7 Å². The van der Waals surface area contributed by atoms with Gasteiger partial charge in [-0.25, -0.2) is 0 Å². The SMILES string of the molecule is CC1C(O)C(O)C(C)P1c1ccccc1P1C(C)C(O)C(O)C1C.O=S(=O)(O)C(F)(F)F.O=S(=O)(O)C(F)(F)F. The summed E-state index contributed by atoms with van der Waals surface area (Å²) < 4.78 is 115. The van der Waals surface area contributed by atoms with Crippen molar-refractivity contribution in [3.63, 3.8) is 0 Å². The molecule has 234 valence electrons. The van der Waals surface area contributed by atoms with Gasteiger partial charge in [-0.3, -0.25) is 9.11 Å². The Hall–Kier alpha value is -0.680. The lowest BCUT2D eigenvalue weighted by Gasteiger charge is -2.30. The highest BCUT2D eigenvalue weighted by Gasteiger charge is 2.50. The highest BCUT2D eigenvalue weighted by atomic mass is 32.2. The minimum Gasteiger partial charge on any atom is -0.390 e. The molecule has 20 heteroatoms. The summed E-state index contributed by atoms with van der Waals surface area (Å²) in [5.41, 5.74) is -10.9. The van der Waals surface area contributed by atoms with Crippen molar-refractivity contribution in [3.05, 3.63) is 24.3 Å². The molecule has 0 amide bonds. The fraction of sp³-hybridized carbons (Fsp3) is 0.700.